The van der Waals surface area contributed by atoms with Crippen molar-refractivity contribution < 1.29 is 14.3 Å². The summed E-state index contributed by atoms with van der Waals surface area (Å²) >= 11 is 8.52. The number of hydrogen-bond donors (Lipinski definition) is 1. The third-order valence-electron chi connectivity index (χ3n) is 5.03. The van der Waals surface area contributed by atoms with E-state index >= 15 is 0 Å². The van der Waals surface area contributed by atoms with E-state index in [0.29, 0.717) is 26.3 Å². The van der Waals surface area contributed by atoms with Crippen molar-refractivity contribution in [1.82, 2.24) is 14.8 Å². The molecule has 0 radical (unpaired) electrons. The van der Waals surface area contributed by atoms with E-state index in [1.807, 2.05) is 60.3 Å². The Morgan fingerprint density at radius 3 is 2.62 bits per heavy atom. The Bertz CT molecular complexity index is 1350. The second-order valence-electron chi connectivity index (χ2n) is 7.42. The molecule has 174 valence electrons. The summed E-state index contributed by atoms with van der Waals surface area (Å²) in [5.41, 5.74) is 3.88. The smallest absolute Gasteiger partial charge is 0.341 e. The first kappa shape index (κ1) is 24.0. The summed E-state index contributed by atoms with van der Waals surface area (Å²) in [4.78, 5) is 25.2. The van der Waals surface area contributed by atoms with Crippen LogP contribution in [0.15, 0.2) is 59.1 Å². The highest BCUT2D eigenvalue weighted by Crippen LogP contribution is 2.36. The van der Waals surface area contributed by atoms with Gasteiger partial charge in [-0.3, -0.25) is 4.79 Å². The maximum Gasteiger partial charge on any atom is 0.341 e. The number of nitrogens with zero attached hydrogens (tertiary/aromatic N) is 3. The van der Waals surface area contributed by atoms with E-state index in [4.69, 9.17) is 16.3 Å². The molecule has 1 amide bonds. The van der Waals surface area contributed by atoms with Crippen LogP contribution in [0.1, 0.15) is 15.9 Å². The molecular formula is C24H21ClN4O3S2. The van der Waals surface area contributed by atoms with Crippen molar-refractivity contribution in [3.8, 4) is 22.5 Å². The Morgan fingerprint density at radius 1 is 1.15 bits per heavy atom. The van der Waals surface area contributed by atoms with Gasteiger partial charge in [0.1, 0.15) is 10.6 Å². The van der Waals surface area contributed by atoms with Gasteiger partial charge in [0.15, 0.2) is 11.0 Å². The Balaban J connectivity index is 1.49. The van der Waals surface area contributed by atoms with Crippen molar-refractivity contribution in [3.63, 3.8) is 0 Å². The van der Waals surface area contributed by atoms with Crippen LogP contribution in [-0.2, 0) is 16.6 Å². The number of aromatic nitrogens is 3. The Hall–Kier alpha value is -3.14. The quantitative estimate of drug-likeness (QED) is 0.253. The normalized spacial score (nSPS) is 10.8. The predicted octanol–water partition coefficient (Wildman–Crippen LogP) is 5.69. The summed E-state index contributed by atoms with van der Waals surface area (Å²) in [7, 11) is 3.18. The van der Waals surface area contributed by atoms with Gasteiger partial charge in [-0.05, 0) is 30.7 Å². The maximum atomic E-state index is 12.7. The van der Waals surface area contributed by atoms with E-state index in [-0.39, 0.29) is 11.7 Å². The maximum absolute atomic E-state index is 12.7. The number of carbonyl (C=O) groups is 2. The fourth-order valence-corrected chi connectivity index (χ4v) is 5.18. The molecule has 4 rings (SSSR count). The van der Waals surface area contributed by atoms with Crippen LogP contribution < -0.4 is 5.32 Å². The third kappa shape index (κ3) is 5.16. The Labute approximate surface area is 210 Å². The van der Waals surface area contributed by atoms with Crippen molar-refractivity contribution in [3.05, 3.63) is 70.1 Å². The highest BCUT2D eigenvalue weighted by molar-refractivity contribution is 7.99. The summed E-state index contributed by atoms with van der Waals surface area (Å²) in [5.74, 6) is 0.0460. The minimum absolute atomic E-state index is 0.106. The number of thiophene rings is 1. The molecule has 0 bridgehead atoms. The van der Waals surface area contributed by atoms with Crippen molar-refractivity contribution in [2.75, 3.05) is 18.2 Å². The van der Waals surface area contributed by atoms with Gasteiger partial charge in [-0.1, -0.05) is 59.3 Å². The molecule has 0 unspecified atom stereocenters. The molecular weight excluding hydrogens is 492 g/mol. The summed E-state index contributed by atoms with van der Waals surface area (Å²) in [5, 5.41) is 14.8. The number of amides is 1. The minimum atomic E-state index is -0.523. The van der Waals surface area contributed by atoms with Gasteiger partial charge < -0.3 is 14.6 Å². The van der Waals surface area contributed by atoms with Crippen molar-refractivity contribution in [2.24, 2.45) is 7.05 Å². The van der Waals surface area contributed by atoms with E-state index < -0.39 is 5.97 Å². The van der Waals surface area contributed by atoms with Gasteiger partial charge >= 0.3 is 5.97 Å². The van der Waals surface area contributed by atoms with E-state index in [1.165, 1.54) is 30.2 Å². The largest absolute Gasteiger partial charge is 0.465 e. The van der Waals surface area contributed by atoms with Crippen LogP contribution in [-0.4, -0.2) is 39.5 Å². The van der Waals surface area contributed by atoms with Gasteiger partial charge in [0.05, 0.1) is 12.9 Å². The van der Waals surface area contributed by atoms with E-state index in [0.717, 1.165) is 22.5 Å². The van der Waals surface area contributed by atoms with Gasteiger partial charge in [-0.25, -0.2) is 4.79 Å². The van der Waals surface area contributed by atoms with Crippen LogP contribution in [0.2, 0.25) is 5.02 Å². The SMILES string of the molecule is COC(=O)c1c(-c2ccc(Cl)cc2)csc1NC(=O)CSc1nnc(-c2cccc(C)c2)n1C. The van der Waals surface area contributed by atoms with E-state index in [1.54, 1.807) is 12.1 Å². The van der Waals surface area contributed by atoms with Crippen molar-refractivity contribution in [2.45, 2.75) is 12.1 Å². The van der Waals surface area contributed by atoms with E-state index in [2.05, 4.69) is 15.5 Å². The van der Waals surface area contributed by atoms with Crippen molar-refractivity contribution in [1.29, 1.82) is 0 Å². The lowest BCUT2D eigenvalue weighted by Crippen LogP contribution is -2.16. The van der Waals surface area contributed by atoms with Crippen LogP contribution in [0.25, 0.3) is 22.5 Å². The molecule has 0 aliphatic heterocycles. The number of thioether (sulfide) groups is 1. The molecule has 4 aromatic rings. The highest BCUT2D eigenvalue weighted by Gasteiger charge is 2.23. The molecule has 0 atom stereocenters. The average molecular weight is 513 g/mol. The molecule has 0 aliphatic carbocycles. The Kier molecular flexibility index (Phi) is 7.35. The zero-order valence-electron chi connectivity index (χ0n) is 18.7. The number of anilines is 1. The summed E-state index contributed by atoms with van der Waals surface area (Å²) in [6.07, 6.45) is 0. The second-order valence-corrected chi connectivity index (χ2v) is 9.68. The van der Waals surface area contributed by atoms with Gasteiger partial charge in [0, 0.05) is 28.6 Å². The number of hydrogen-bond acceptors (Lipinski definition) is 7. The number of benzene rings is 2. The number of methoxy groups -OCH3 is 1. The number of halogens is 1. The molecule has 10 heteroatoms. The molecule has 2 heterocycles. The molecule has 7 nitrogen and oxygen atoms in total. The fraction of sp³-hybridized carbons (Fsp3) is 0.167. The van der Waals surface area contributed by atoms with Crippen LogP contribution in [0.5, 0.6) is 0 Å². The molecule has 2 aromatic heterocycles. The highest BCUT2D eigenvalue weighted by atomic mass is 35.5. The molecule has 1 N–H and O–H groups in total. The Morgan fingerprint density at radius 2 is 1.91 bits per heavy atom. The lowest BCUT2D eigenvalue weighted by molar-refractivity contribution is -0.113. The van der Waals surface area contributed by atoms with Gasteiger partial charge in [-0.2, -0.15) is 0 Å². The van der Waals surface area contributed by atoms with Crippen LogP contribution in [0, 0.1) is 6.92 Å². The monoisotopic (exact) mass is 512 g/mol. The van der Waals surface area contributed by atoms with Crippen LogP contribution in [0.4, 0.5) is 5.00 Å². The minimum Gasteiger partial charge on any atom is -0.465 e. The molecule has 0 fully saturated rings. The zero-order valence-corrected chi connectivity index (χ0v) is 21.1. The van der Waals surface area contributed by atoms with Gasteiger partial charge in [-0.15, -0.1) is 21.5 Å². The number of carbonyl (C=O) groups excluding carboxylic acids is 2. The topological polar surface area (TPSA) is 86.1 Å². The fourth-order valence-electron chi connectivity index (χ4n) is 3.37. The molecule has 34 heavy (non-hydrogen) atoms. The number of esters is 1. The van der Waals surface area contributed by atoms with Crippen LogP contribution >= 0.6 is 34.7 Å². The molecule has 0 spiro atoms. The van der Waals surface area contributed by atoms with Crippen LogP contribution in [0.3, 0.4) is 0 Å². The lowest BCUT2D eigenvalue weighted by atomic mass is 10.0. The van der Waals surface area contributed by atoms with E-state index in [9.17, 15) is 9.59 Å². The number of ether oxygens (including phenoxy) is 1. The standard InChI is InChI=1S/C24H21ClN4O3S2/c1-14-5-4-6-16(11-14)21-27-28-24(29(21)2)34-13-19(30)26-22-20(23(31)32-3)18(12-33-22)15-7-9-17(25)10-8-15/h4-12H,13H2,1-3H3,(H,26,30). The lowest BCUT2D eigenvalue weighted by Gasteiger charge is -2.08. The summed E-state index contributed by atoms with van der Waals surface area (Å²) < 4.78 is 6.82. The number of nitrogens with one attached hydrogen (secondary N) is 1. The predicted molar refractivity (Wildman–Crippen MR) is 137 cm³/mol. The summed E-state index contributed by atoms with van der Waals surface area (Å²) in [6.45, 7) is 2.02. The molecule has 2 aromatic carbocycles. The third-order valence-corrected chi connectivity index (χ3v) is 7.20. The van der Waals surface area contributed by atoms with Gasteiger partial charge in [0.2, 0.25) is 5.91 Å². The van der Waals surface area contributed by atoms with Crippen molar-refractivity contribution >= 4 is 51.6 Å². The van der Waals surface area contributed by atoms with Gasteiger partial charge in [0.25, 0.3) is 0 Å². The first-order chi connectivity index (χ1) is 16.4. The summed E-state index contributed by atoms with van der Waals surface area (Å²) in [6, 6.07) is 15.1. The number of aryl methyl sites for hydroxylation is 1. The average Bonchev–Trinajstić information content (AvgIpc) is 3.41. The first-order valence-corrected chi connectivity index (χ1v) is 12.5. The first-order valence-electron chi connectivity index (χ1n) is 10.2. The molecule has 0 saturated heterocycles. The second kappa shape index (κ2) is 10.4. The molecule has 0 aliphatic rings. The zero-order chi connectivity index (χ0) is 24.2. The number of rotatable bonds is 7. The molecule has 0 saturated carbocycles.